The van der Waals surface area contributed by atoms with Crippen LogP contribution >= 0.6 is 0 Å². The van der Waals surface area contributed by atoms with E-state index in [2.05, 4.69) is 29.1 Å². The third kappa shape index (κ3) is 3.76. The van der Waals surface area contributed by atoms with Crippen LogP contribution in [0.2, 0.25) is 0 Å². The highest BCUT2D eigenvalue weighted by Crippen LogP contribution is 2.26. The van der Waals surface area contributed by atoms with Gasteiger partial charge in [-0.05, 0) is 38.1 Å². The molecule has 0 fully saturated rings. The average Bonchev–Trinajstić information content (AvgIpc) is 2.46. The molecule has 0 radical (unpaired) electrons. The van der Waals surface area contributed by atoms with Crippen LogP contribution in [0.5, 0.6) is 11.6 Å². The molecule has 4 nitrogen and oxygen atoms in total. The van der Waals surface area contributed by atoms with Gasteiger partial charge in [-0.2, -0.15) is 0 Å². The van der Waals surface area contributed by atoms with Crippen molar-refractivity contribution in [2.45, 2.75) is 26.3 Å². The molecule has 0 spiro atoms. The molecule has 1 unspecified atom stereocenters. The van der Waals surface area contributed by atoms with Gasteiger partial charge >= 0.3 is 0 Å². The lowest BCUT2D eigenvalue weighted by Gasteiger charge is -2.16. The zero-order valence-corrected chi connectivity index (χ0v) is 11.3. The van der Waals surface area contributed by atoms with Crippen molar-refractivity contribution >= 4 is 0 Å². The van der Waals surface area contributed by atoms with Crippen LogP contribution in [0.1, 0.15) is 31.9 Å². The van der Waals surface area contributed by atoms with Crippen molar-refractivity contribution in [3.05, 3.63) is 48.4 Å². The van der Waals surface area contributed by atoms with Crippen molar-refractivity contribution in [1.29, 1.82) is 0 Å². The molecule has 0 aliphatic carbocycles. The number of nitrogens with zero attached hydrogens (tertiary/aromatic N) is 2. The molecule has 100 valence electrons. The third-order valence-corrected chi connectivity index (χ3v) is 2.82. The minimum atomic E-state index is 0.209. The summed E-state index contributed by atoms with van der Waals surface area (Å²) in [6.07, 6.45) is 6.24. The second-order valence-corrected chi connectivity index (χ2v) is 4.36. The van der Waals surface area contributed by atoms with Crippen molar-refractivity contribution < 1.29 is 4.74 Å². The number of pyridine rings is 2. The van der Waals surface area contributed by atoms with Crippen molar-refractivity contribution in [3.8, 4) is 11.6 Å². The number of rotatable bonds is 6. The molecule has 19 heavy (non-hydrogen) atoms. The number of aromatic nitrogens is 2. The highest BCUT2D eigenvalue weighted by molar-refractivity contribution is 5.32. The van der Waals surface area contributed by atoms with Gasteiger partial charge in [0.15, 0.2) is 0 Å². The van der Waals surface area contributed by atoms with Crippen molar-refractivity contribution in [2.75, 3.05) is 6.54 Å². The van der Waals surface area contributed by atoms with Gasteiger partial charge in [0.1, 0.15) is 5.75 Å². The molecule has 2 rings (SSSR count). The van der Waals surface area contributed by atoms with Gasteiger partial charge in [0.2, 0.25) is 5.88 Å². The molecule has 0 aliphatic heterocycles. The minimum Gasteiger partial charge on any atom is -0.437 e. The van der Waals surface area contributed by atoms with Crippen LogP contribution in [0, 0.1) is 0 Å². The topological polar surface area (TPSA) is 47.0 Å². The van der Waals surface area contributed by atoms with E-state index in [-0.39, 0.29) is 6.04 Å². The Morgan fingerprint density at radius 2 is 2.11 bits per heavy atom. The summed E-state index contributed by atoms with van der Waals surface area (Å²) in [6.45, 7) is 5.24. The molecular weight excluding hydrogens is 238 g/mol. The molecule has 2 aromatic rings. The number of ether oxygens (including phenoxy) is 1. The Morgan fingerprint density at radius 3 is 2.84 bits per heavy atom. The monoisotopic (exact) mass is 257 g/mol. The Balaban J connectivity index is 2.16. The first-order valence-corrected chi connectivity index (χ1v) is 6.57. The molecule has 0 amide bonds. The molecule has 1 atom stereocenters. The fraction of sp³-hybridized carbons (Fsp3) is 0.333. The molecule has 4 heteroatoms. The number of hydrogen-bond donors (Lipinski definition) is 1. The Kier molecular flexibility index (Phi) is 4.86. The third-order valence-electron chi connectivity index (χ3n) is 2.82. The van der Waals surface area contributed by atoms with Crippen LogP contribution in [0.4, 0.5) is 0 Å². The number of hydrogen-bond acceptors (Lipinski definition) is 4. The lowest BCUT2D eigenvalue weighted by atomic mass is 10.1. The molecule has 0 aliphatic rings. The van der Waals surface area contributed by atoms with Gasteiger partial charge in [0.05, 0.1) is 6.20 Å². The molecule has 0 saturated heterocycles. The van der Waals surface area contributed by atoms with E-state index >= 15 is 0 Å². The van der Waals surface area contributed by atoms with Gasteiger partial charge < -0.3 is 10.1 Å². The minimum absolute atomic E-state index is 0.209. The van der Waals surface area contributed by atoms with Crippen LogP contribution in [0.15, 0.2) is 42.9 Å². The maximum atomic E-state index is 5.80. The van der Waals surface area contributed by atoms with Gasteiger partial charge in [-0.25, -0.2) is 4.98 Å². The van der Waals surface area contributed by atoms with Gasteiger partial charge in [-0.3, -0.25) is 4.98 Å². The van der Waals surface area contributed by atoms with E-state index in [4.69, 9.17) is 4.74 Å². The summed E-state index contributed by atoms with van der Waals surface area (Å²) < 4.78 is 5.80. The molecule has 2 heterocycles. The second kappa shape index (κ2) is 6.85. The Hall–Kier alpha value is -1.94. The fourth-order valence-electron chi connectivity index (χ4n) is 1.81. The van der Waals surface area contributed by atoms with E-state index in [9.17, 15) is 0 Å². The normalized spacial score (nSPS) is 12.1. The predicted molar refractivity (Wildman–Crippen MR) is 75.3 cm³/mol. The summed E-state index contributed by atoms with van der Waals surface area (Å²) in [5.41, 5.74) is 1.06. The molecule has 1 N–H and O–H groups in total. The zero-order valence-electron chi connectivity index (χ0n) is 11.3. The smallest absolute Gasteiger partial charge is 0.224 e. The summed E-state index contributed by atoms with van der Waals surface area (Å²) in [5.74, 6) is 1.33. The average molecular weight is 257 g/mol. The van der Waals surface area contributed by atoms with E-state index < -0.39 is 0 Å². The summed E-state index contributed by atoms with van der Waals surface area (Å²) >= 11 is 0. The van der Waals surface area contributed by atoms with Crippen LogP contribution in [0.25, 0.3) is 0 Å². The van der Waals surface area contributed by atoms with Gasteiger partial charge in [-0.15, -0.1) is 0 Å². The Bertz CT molecular complexity index is 502. The van der Waals surface area contributed by atoms with E-state index in [0.717, 1.165) is 18.5 Å². The first-order valence-electron chi connectivity index (χ1n) is 6.57. The predicted octanol–water partition coefficient (Wildman–Crippen LogP) is 3.33. The lowest BCUT2D eigenvalue weighted by molar-refractivity contribution is 0.440. The summed E-state index contributed by atoms with van der Waals surface area (Å²) in [4.78, 5) is 8.35. The maximum Gasteiger partial charge on any atom is 0.224 e. The first kappa shape index (κ1) is 13.5. The summed E-state index contributed by atoms with van der Waals surface area (Å²) in [6, 6.07) is 7.88. The molecule has 2 aromatic heterocycles. The SMILES string of the molecule is CCCNC(C)c1cccnc1Oc1cccnc1. The van der Waals surface area contributed by atoms with Gasteiger partial charge in [0, 0.05) is 24.0 Å². The van der Waals surface area contributed by atoms with Crippen molar-refractivity contribution in [3.63, 3.8) is 0 Å². The maximum absolute atomic E-state index is 5.80. The molecule has 0 saturated carbocycles. The highest BCUT2D eigenvalue weighted by atomic mass is 16.5. The Labute approximate surface area is 113 Å². The van der Waals surface area contributed by atoms with Crippen LogP contribution in [0.3, 0.4) is 0 Å². The fourth-order valence-corrected chi connectivity index (χ4v) is 1.81. The van der Waals surface area contributed by atoms with Crippen LogP contribution in [-0.4, -0.2) is 16.5 Å². The first-order chi connectivity index (χ1) is 9.31. The van der Waals surface area contributed by atoms with Crippen LogP contribution < -0.4 is 10.1 Å². The molecule has 0 bridgehead atoms. The van der Waals surface area contributed by atoms with Crippen molar-refractivity contribution in [1.82, 2.24) is 15.3 Å². The van der Waals surface area contributed by atoms with E-state index in [1.807, 2.05) is 24.3 Å². The standard InChI is InChI=1S/C15H19N3O/c1-3-8-17-12(2)14-7-5-10-18-15(14)19-13-6-4-9-16-11-13/h4-7,9-12,17H,3,8H2,1-2H3. The van der Waals surface area contributed by atoms with E-state index in [1.54, 1.807) is 18.6 Å². The molecule has 0 aromatic carbocycles. The van der Waals surface area contributed by atoms with E-state index in [1.165, 1.54) is 0 Å². The summed E-state index contributed by atoms with van der Waals surface area (Å²) in [5, 5.41) is 3.44. The second-order valence-electron chi connectivity index (χ2n) is 4.36. The van der Waals surface area contributed by atoms with E-state index in [0.29, 0.717) is 11.6 Å². The number of nitrogens with one attached hydrogen (secondary N) is 1. The van der Waals surface area contributed by atoms with Crippen LogP contribution in [-0.2, 0) is 0 Å². The van der Waals surface area contributed by atoms with Crippen molar-refractivity contribution in [2.24, 2.45) is 0 Å². The lowest BCUT2D eigenvalue weighted by Crippen LogP contribution is -2.20. The molecular formula is C15H19N3O. The van der Waals surface area contributed by atoms with Gasteiger partial charge in [-0.1, -0.05) is 13.0 Å². The highest BCUT2D eigenvalue weighted by Gasteiger charge is 2.12. The summed E-state index contributed by atoms with van der Waals surface area (Å²) in [7, 11) is 0. The zero-order chi connectivity index (χ0) is 13.5. The van der Waals surface area contributed by atoms with Gasteiger partial charge in [0.25, 0.3) is 0 Å². The Morgan fingerprint density at radius 1 is 1.26 bits per heavy atom. The largest absolute Gasteiger partial charge is 0.437 e. The quantitative estimate of drug-likeness (QED) is 0.862.